The smallest absolute Gasteiger partial charge is 0.322 e. The van der Waals surface area contributed by atoms with Crippen LogP contribution in [0.3, 0.4) is 0 Å². The number of hydrogen-bond donors (Lipinski definition) is 3. The van der Waals surface area contributed by atoms with Crippen molar-refractivity contribution in [2.45, 2.75) is 12.1 Å². The lowest BCUT2D eigenvalue weighted by Gasteiger charge is -2.27. The third-order valence-corrected chi connectivity index (χ3v) is 6.54. The lowest BCUT2D eigenvalue weighted by molar-refractivity contribution is -0.124. The number of fused-ring (bicyclic) bond motifs is 2. The Morgan fingerprint density at radius 3 is 2.53 bits per heavy atom. The number of para-hydroxylation sites is 2. The number of carbonyl (C=O) groups is 2. The molecule has 1 unspecified atom stereocenters. The van der Waals surface area contributed by atoms with Crippen LogP contribution >= 0.6 is 0 Å². The summed E-state index contributed by atoms with van der Waals surface area (Å²) >= 11 is 0. The second-order valence-corrected chi connectivity index (χ2v) is 8.67. The number of aromatic hydroxyl groups is 1. The number of carbonyl (C=O) groups excluding carboxylic acids is 2. The Hall–Kier alpha value is -4.92. The van der Waals surface area contributed by atoms with Crippen LogP contribution in [0.2, 0.25) is 0 Å². The first-order valence-corrected chi connectivity index (χ1v) is 11.3. The summed E-state index contributed by atoms with van der Waals surface area (Å²) in [6.45, 7) is -0.0114. The minimum absolute atomic E-state index is 0.0114. The van der Waals surface area contributed by atoms with Gasteiger partial charge in [-0.05, 0) is 35.9 Å². The monoisotopic (exact) mass is 479 g/mol. The zero-order valence-electron chi connectivity index (χ0n) is 19.2. The molecule has 178 valence electrons. The van der Waals surface area contributed by atoms with Gasteiger partial charge in [-0.3, -0.25) is 15.1 Å². The maximum atomic E-state index is 13.1. The van der Waals surface area contributed by atoms with E-state index in [9.17, 15) is 14.7 Å². The zero-order valence-corrected chi connectivity index (χ0v) is 19.2. The number of imide groups is 1. The largest absolute Gasteiger partial charge is 0.497 e. The molecule has 9 nitrogen and oxygen atoms in total. The van der Waals surface area contributed by atoms with Crippen molar-refractivity contribution in [1.82, 2.24) is 25.2 Å². The van der Waals surface area contributed by atoms with E-state index in [2.05, 4.69) is 20.6 Å². The van der Waals surface area contributed by atoms with Crippen molar-refractivity contribution < 1.29 is 19.4 Å². The summed E-state index contributed by atoms with van der Waals surface area (Å²) in [6, 6.07) is 19.6. The average Bonchev–Trinajstić information content (AvgIpc) is 3.38. The van der Waals surface area contributed by atoms with Crippen LogP contribution in [0.1, 0.15) is 5.56 Å². The van der Waals surface area contributed by atoms with E-state index in [1.54, 1.807) is 48.3 Å². The van der Waals surface area contributed by atoms with Crippen LogP contribution in [0.15, 0.2) is 79.1 Å². The van der Waals surface area contributed by atoms with Crippen LogP contribution < -0.4 is 15.4 Å². The fourth-order valence-electron chi connectivity index (χ4n) is 4.65. The number of urea groups is 1. The predicted molar refractivity (Wildman–Crippen MR) is 133 cm³/mol. The Bertz CT molecular complexity index is 1660. The molecule has 0 bridgehead atoms. The molecule has 5 aromatic rings. The first kappa shape index (κ1) is 21.6. The van der Waals surface area contributed by atoms with E-state index in [-0.39, 0.29) is 12.4 Å². The van der Waals surface area contributed by atoms with Crippen LogP contribution in [-0.2, 0) is 16.9 Å². The van der Waals surface area contributed by atoms with E-state index in [1.807, 2.05) is 42.5 Å². The number of benzene rings is 3. The number of nitrogens with one attached hydrogen (secondary N) is 2. The van der Waals surface area contributed by atoms with Crippen molar-refractivity contribution in [3.63, 3.8) is 0 Å². The molecule has 0 saturated carbocycles. The van der Waals surface area contributed by atoms with Gasteiger partial charge in [0, 0.05) is 22.5 Å². The summed E-state index contributed by atoms with van der Waals surface area (Å²) in [4.78, 5) is 34.5. The van der Waals surface area contributed by atoms with Gasteiger partial charge in [-0.15, -0.1) is 0 Å². The van der Waals surface area contributed by atoms with Gasteiger partial charge >= 0.3 is 6.03 Å². The Kier molecular flexibility index (Phi) is 4.85. The minimum atomic E-state index is -1.42. The van der Waals surface area contributed by atoms with Crippen LogP contribution in [0.25, 0.3) is 33.1 Å². The molecule has 3 N–H and O–H groups in total. The molecule has 6 rings (SSSR count). The van der Waals surface area contributed by atoms with E-state index >= 15 is 0 Å². The van der Waals surface area contributed by atoms with Crippen molar-refractivity contribution in [2.24, 2.45) is 0 Å². The van der Waals surface area contributed by atoms with E-state index in [1.165, 1.54) is 0 Å². The number of methoxy groups -OCH3 is 1. The average molecular weight is 479 g/mol. The molecular weight excluding hydrogens is 458 g/mol. The first-order chi connectivity index (χ1) is 17.5. The number of nitrogens with zero attached hydrogens (tertiary/aromatic N) is 3. The van der Waals surface area contributed by atoms with Crippen LogP contribution in [0, 0.1) is 0 Å². The fourth-order valence-corrected chi connectivity index (χ4v) is 4.65. The summed E-state index contributed by atoms with van der Waals surface area (Å²) in [5.74, 6) is 0.0744. The van der Waals surface area contributed by atoms with Crippen LogP contribution in [0.5, 0.6) is 11.6 Å². The van der Waals surface area contributed by atoms with E-state index in [0.717, 1.165) is 22.0 Å². The molecule has 9 heteroatoms. The highest BCUT2D eigenvalue weighted by atomic mass is 16.5. The number of aromatic nitrogens is 3. The Labute approximate surface area is 205 Å². The second kappa shape index (κ2) is 8.09. The summed E-state index contributed by atoms with van der Waals surface area (Å²) in [7, 11) is 1.55. The molecule has 0 spiro atoms. The normalized spacial score (nSPS) is 17.4. The SMILES string of the molecule is COc1ccc2cn(CC3(c4ccc(-c5cnc6ccccc6n5)cc4)NC(=O)NC3=O)c(O)c2c1. The highest BCUT2D eigenvalue weighted by Gasteiger charge is 2.48. The topological polar surface area (TPSA) is 118 Å². The molecule has 36 heavy (non-hydrogen) atoms. The predicted octanol–water partition coefficient (Wildman–Crippen LogP) is 3.70. The van der Waals surface area contributed by atoms with Crippen molar-refractivity contribution >= 4 is 33.7 Å². The molecule has 0 radical (unpaired) electrons. The second-order valence-electron chi connectivity index (χ2n) is 8.67. The van der Waals surface area contributed by atoms with Crippen molar-refractivity contribution in [1.29, 1.82) is 0 Å². The maximum Gasteiger partial charge on any atom is 0.322 e. The molecule has 2 aromatic heterocycles. The lowest BCUT2D eigenvalue weighted by atomic mass is 9.89. The van der Waals surface area contributed by atoms with Gasteiger partial charge in [-0.25, -0.2) is 9.78 Å². The minimum Gasteiger partial charge on any atom is -0.497 e. The summed E-state index contributed by atoms with van der Waals surface area (Å²) < 4.78 is 6.81. The fraction of sp³-hybridized carbons (Fsp3) is 0.111. The third-order valence-electron chi connectivity index (χ3n) is 6.54. The van der Waals surface area contributed by atoms with Crippen LogP contribution in [-0.4, -0.2) is 38.7 Å². The van der Waals surface area contributed by atoms with E-state index in [0.29, 0.717) is 22.4 Å². The maximum absolute atomic E-state index is 13.1. The van der Waals surface area contributed by atoms with Gasteiger partial charge in [-0.1, -0.05) is 36.4 Å². The molecule has 1 aliphatic rings. The number of ether oxygens (including phenoxy) is 1. The molecule has 0 aliphatic carbocycles. The highest BCUT2D eigenvalue weighted by Crippen LogP contribution is 2.35. The van der Waals surface area contributed by atoms with Gasteiger partial charge < -0.3 is 19.7 Å². The van der Waals surface area contributed by atoms with Gasteiger partial charge in [-0.2, -0.15) is 0 Å². The van der Waals surface area contributed by atoms with E-state index in [4.69, 9.17) is 4.74 Å². The highest BCUT2D eigenvalue weighted by molar-refractivity contribution is 6.07. The van der Waals surface area contributed by atoms with Crippen molar-refractivity contribution in [3.8, 4) is 22.9 Å². The molecule has 1 atom stereocenters. The van der Waals surface area contributed by atoms with Gasteiger partial charge in [0.1, 0.15) is 5.75 Å². The van der Waals surface area contributed by atoms with Gasteiger partial charge in [0.25, 0.3) is 5.91 Å². The summed E-state index contributed by atoms with van der Waals surface area (Å²) in [5.41, 5.74) is 2.25. The zero-order chi connectivity index (χ0) is 24.9. The van der Waals surface area contributed by atoms with Crippen molar-refractivity contribution in [2.75, 3.05) is 7.11 Å². The number of amides is 3. The first-order valence-electron chi connectivity index (χ1n) is 11.3. The lowest BCUT2D eigenvalue weighted by Crippen LogP contribution is -2.47. The van der Waals surface area contributed by atoms with Gasteiger partial charge in [0.15, 0.2) is 11.4 Å². The van der Waals surface area contributed by atoms with Gasteiger partial charge in [0.2, 0.25) is 0 Å². The number of hydrogen-bond acceptors (Lipinski definition) is 6. The molecule has 3 aromatic carbocycles. The molecule has 1 saturated heterocycles. The summed E-state index contributed by atoms with van der Waals surface area (Å²) in [5, 5.41) is 17.4. The summed E-state index contributed by atoms with van der Waals surface area (Å²) in [6.07, 6.45) is 3.44. The molecule has 3 heterocycles. The van der Waals surface area contributed by atoms with Crippen LogP contribution in [0.4, 0.5) is 4.79 Å². The van der Waals surface area contributed by atoms with E-state index < -0.39 is 17.5 Å². The van der Waals surface area contributed by atoms with Crippen molar-refractivity contribution in [3.05, 3.63) is 84.7 Å². The molecular formula is C27H21N5O4. The van der Waals surface area contributed by atoms with Gasteiger partial charge in [0.05, 0.1) is 36.6 Å². The standard InChI is InChI=1S/C27H21N5O4/c1-36-19-11-8-17-14-32(24(33)20(17)12-19)15-27(25(34)30-26(35)31-27)18-9-6-16(7-10-18)23-13-28-21-4-2-3-5-22(21)29-23/h2-14,33H,15H2,1H3,(H2,30,31,34,35). The quantitative estimate of drug-likeness (QED) is 0.331. The molecule has 3 amide bonds. The number of rotatable bonds is 5. The molecule has 1 aliphatic heterocycles. The Balaban J connectivity index is 1.39. The molecule has 1 fully saturated rings. The Morgan fingerprint density at radius 2 is 1.81 bits per heavy atom. The third kappa shape index (κ3) is 3.40. The Morgan fingerprint density at radius 1 is 1.03 bits per heavy atom.